The molecule has 2 aromatic rings. The van der Waals surface area contributed by atoms with Gasteiger partial charge in [0.05, 0.1) is 22.6 Å². The average Bonchev–Trinajstić information content (AvgIpc) is 2.97. The highest BCUT2D eigenvalue weighted by Gasteiger charge is 2.44. The maximum absolute atomic E-state index is 13.3. The van der Waals surface area contributed by atoms with Crippen molar-refractivity contribution < 1.29 is 19.1 Å². The molecule has 2 aliphatic heterocycles. The Kier molecular flexibility index (Phi) is 5.83. The van der Waals surface area contributed by atoms with E-state index in [4.69, 9.17) is 4.74 Å². The van der Waals surface area contributed by atoms with Crippen molar-refractivity contribution >= 4 is 28.9 Å². The number of carbonyl (C=O) groups excluding carboxylic acids is 3. The highest BCUT2D eigenvalue weighted by Crippen LogP contribution is 2.38. The molecule has 2 N–H and O–H groups in total. The fourth-order valence-corrected chi connectivity index (χ4v) is 5.08. The van der Waals surface area contributed by atoms with Crippen LogP contribution < -0.4 is 16.3 Å². The van der Waals surface area contributed by atoms with Crippen molar-refractivity contribution in [1.29, 1.82) is 0 Å². The van der Waals surface area contributed by atoms with E-state index in [-0.39, 0.29) is 36.6 Å². The third kappa shape index (κ3) is 4.00. The molecule has 10 heteroatoms. The molecular weight excluding hydrogens is 438 g/mol. The summed E-state index contributed by atoms with van der Waals surface area (Å²) < 4.78 is 8.67. The number of rotatable bonds is 2. The van der Waals surface area contributed by atoms with Gasteiger partial charge in [-0.1, -0.05) is 12.1 Å². The predicted octanol–water partition coefficient (Wildman–Crippen LogP) is 1.98. The summed E-state index contributed by atoms with van der Waals surface area (Å²) in [5.41, 5.74) is 0.550. The van der Waals surface area contributed by atoms with Crippen LogP contribution in [-0.2, 0) is 21.4 Å². The Hall–Kier alpha value is -3.14. The fourth-order valence-electron chi connectivity index (χ4n) is 5.08. The topological polar surface area (TPSA) is 115 Å². The zero-order valence-electron chi connectivity index (χ0n) is 20.6. The van der Waals surface area contributed by atoms with E-state index in [1.165, 1.54) is 4.57 Å². The molecule has 0 radical (unpaired) electrons. The minimum absolute atomic E-state index is 0.182. The monoisotopic (exact) mass is 471 g/mol. The van der Waals surface area contributed by atoms with Gasteiger partial charge in [-0.3, -0.25) is 28.9 Å². The molecule has 3 heterocycles. The number of amides is 3. The molecule has 1 aromatic carbocycles. The predicted molar refractivity (Wildman–Crippen MR) is 126 cm³/mol. The number of imide groups is 1. The van der Waals surface area contributed by atoms with Gasteiger partial charge in [-0.25, -0.2) is 9.59 Å². The Morgan fingerprint density at radius 2 is 1.88 bits per heavy atom. The first-order valence-corrected chi connectivity index (χ1v) is 11.6. The number of hydrogen-bond acceptors (Lipinski definition) is 6. The van der Waals surface area contributed by atoms with Crippen LogP contribution in [0, 0.1) is 0 Å². The van der Waals surface area contributed by atoms with E-state index in [1.54, 1.807) is 16.5 Å². The molecule has 184 valence electrons. The number of aromatic nitrogens is 2. The zero-order valence-corrected chi connectivity index (χ0v) is 20.6. The lowest BCUT2D eigenvalue weighted by Crippen LogP contribution is -2.62. The largest absolute Gasteiger partial charge is 0.444 e. The van der Waals surface area contributed by atoms with E-state index in [9.17, 15) is 19.2 Å². The van der Waals surface area contributed by atoms with E-state index in [2.05, 4.69) is 10.6 Å². The summed E-state index contributed by atoms with van der Waals surface area (Å²) in [6.45, 7) is 10.5. The van der Waals surface area contributed by atoms with Gasteiger partial charge in [-0.05, 0) is 52.7 Å². The van der Waals surface area contributed by atoms with Gasteiger partial charge in [-0.15, -0.1) is 0 Å². The molecule has 0 spiro atoms. The normalized spacial score (nSPS) is 23.2. The summed E-state index contributed by atoms with van der Waals surface area (Å²) in [7, 11) is 1.68. The number of imidazole rings is 1. The molecule has 0 saturated carbocycles. The molecule has 0 bridgehead atoms. The Labute approximate surface area is 198 Å². The van der Waals surface area contributed by atoms with Crippen LogP contribution in [0.15, 0.2) is 23.0 Å². The Morgan fingerprint density at radius 1 is 1.18 bits per heavy atom. The van der Waals surface area contributed by atoms with Crippen molar-refractivity contribution in [2.24, 2.45) is 7.05 Å². The highest BCUT2D eigenvalue weighted by molar-refractivity contribution is 6.00. The summed E-state index contributed by atoms with van der Waals surface area (Å²) in [6, 6.07) is 4.55. The van der Waals surface area contributed by atoms with E-state index in [0.29, 0.717) is 24.1 Å². The number of hydrogen-bond donors (Lipinski definition) is 2. The first-order valence-electron chi connectivity index (χ1n) is 11.6. The second-order valence-corrected chi connectivity index (χ2v) is 10.6. The lowest BCUT2D eigenvalue weighted by Gasteiger charge is -2.48. The van der Waals surface area contributed by atoms with Crippen LogP contribution >= 0.6 is 0 Å². The highest BCUT2D eigenvalue weighted by atomic mass is 16.6. The van der Waals surface area contributed by atoms with Crippen LogP contribution in [0.2, 0.25) is 0 Å². The number of para-hydroxylation sites is 1. The quantitative estimate of drug-likeness (QED) is 0.648. The lowest BCUT2D eigenvalue weighted by molar-refractivity contribution is -0.135. The van der Waals surface area contributed by atoms with Crippen LogP contribution in [0.1, 0.15) is 65.1 Å². The summed E-state index contributed by atoms with van der Waals surface area (Å²) >= 11 is 0. The van der Waals surface area contributed by atoms with Gasteiger partial charge in [0.15, 0.2) is 0 Å². The summed E-state index contributed by atoms with van der Waals surface area (Å²) in [5, 5.41) is 5.86. The van der Waals surface area contributed by atoms with Crippen molar-refractivity contribution in [2.45, 2.75) is 70.7 Å². The SMILES string of the molecule is Cn1c(=O)n(C2CCC(=O)NC2=O)c2cccc(C3NCCN(C(=O)OC(C)(C)C)C3(C)C)c21. The lowest BCUT2D eigenvalue weighted by atomic mass is 9.84. The van der Waals surface area contributed by atoms with Crippen LogP contribution in [0.4, 0.5) is 4.79 Å². The first-order chi connectivity index (χ1) is 15.8. The molecule has 2 unspecified atom stereocenters. The number of carbonyl (C=O) groups is 3. The maximum Gasteiger partial charge on any atom is 0.410 e. The number of aryl methyl sites for hydroxylation is 1. The van der Waals surface area contributed by atoms with Gasteiger partial charge >= 0.3 is 11.8 Å². The minimum atomic E-state index is -0.755. The van der Waals surface area contributed by atoms with Gasteiger partial charge in [0.2, 0.25) is 11.8 Å². The number of nitrogens with zero attached hydrogens (tertiary/aromatic N) is 3. The van der Waals surface area contributed by atoms with Crippen LogP contribution in [0.5, 0.6) is 0 Å². The van der Waals surface area contributed by atoms with Crippen LogP contribution in [-0.4, -0.2) is 56.2 Å². The number of piperazine rings is 1. The van der Waals surface area contributed by atoms with Crippen molar-refractivity contribution in [3.05, 3.63) is 34.2 Å². The Morgan fingerprint density at radius 3 is 2.53 bits per heavy atom. The van der Waals surface area contributed by atoms with E-state index >= 15 is 0 Å². The zero-order chi connectivity index (χ0) is 25.0. The van der Waals surface area contributed by atoms with E-state index in [1.807, 2.05) is 52.8 Å². The van der Waals surface area contributed by atoms with Crippen LogP contribution in [0.25, 0.3) is 11.0 Å². The molecule has 10 nitrogen and oxygen atoms in total. The molecule has 3 amide bonds. The maximum atomic E-state index is 13.3. The molecule has 34 heavy (non-hydrogen) atoms. The van der Waals surface area contributed by atoms with Crippen molar-refractivity contribution in [3.8, 4) is 0 Å². The number of benzene rings is 1. The summed E-state index contributed by atoms with van der Waals surface area (Å²) in [5.74, 6) is -0.797. The molecule has 2 saturated heterocycles. The van der Waals surface area contributed by atoms with Crippen molar-refractivity contribution in [3.63, 3.8) is 0 Å². The molecule has 2 fully saturated rings. The molecule has 2 atom stereocenters. The van der Waals surface area contributed by atoms with Gasteiger partial charge in [0.25, 0.3) is 0 Å². The number of piperidine rings is 1. The van der Waals surface area contributed by atoms with Crippen molar-refractivity contribution in [1.82, 2.24) is 24.7 Å². The first kappa shape index (κ1) is 24.0. The van der Waals surface area contributed by atoms with Gasteiger partial charge in [0, 0.05) is 26.6 Å². The standard InChI is InChI=1S/C24H33N5O5/c1-23(2,3)34-22(33)28-13-12-25-19(24(28,4)5)14-8-7-9-15-18(14)27(6)21(32)29(15)16-10-11-17(30)26-20(16)31/h7-9,16,19,25H,10-13H2,1-6H3,(H,26,30,31). The molecule has 0 aliphatic carbocycles. The summed E-state index contributed by atoms with van der Waals surface area (Å²) in [4.78, 5) is 52.2. The third-order valence-corrected chi connectivity index (χ3v) is 6.67. The fraction of sp³-hybridized carbons (Fsp3) is 0.583. The second-order valence-electron chi connectivity index (χ2n) is 10.6. The smallest absolute Gasteiger partial charge is 0.410 e. The average molecular weight is 472 g/mol. The number of nitrogens with one attached hydrogen (secondary N) is 2. The molecular formula is C24H33N5O5. The third-order valence-electron chi connectivity index (χ3n) is 6.67. The molecule has 1 aromatic heterocycles. The molecule has 2 aliphatic rings. The van der Waals surface area contributed by atoms with Gasteiger partial charge in [-0.2, -0.15) is 0 Å². The van der Waals surface area contributed by atoms with Crippen LogP contribution in [0.3, 0.4) is 0 Å². The Bertz CT molecular complexity index is 1220. The van der Waals surface area contributed by atoms with Gasteiger partial charge < -0.3 is 10.1 Å². The number of fused-ring (bicyclic) bond motifs is 1. The van der Waals surface area contributed by atoms with E-state index in [0.717, 1.165) is 5.56 Å². The second kappa shape index (κ2) is 8.26. The van der Waals surface area contributed by atoms with Gasteiger partial charge in [0.1, 0.15) is 11.6 Å². The van der Waals surface area contributed by atoms with E-state index < -0.39 is 23.1 Å². The minimum Gasteiger partial charge on any atom is -0.444 e. The molecule has 4 rings (SSSR count). The number of ether oxygens (including phenoxy) is 1. The Balaban J connectivity index is 1.80. The van der Waals surface area contributed by atoms with Crippen molar-refractivity contribution in [2.75, 3.05) is 13.1 Å². The summed E-state index contributed by atoms with van der Waals surface area (Å²) in [6.07, 6.45) is 0.0697.